The summed E-state index contributed by atoms with van der Waals surface area (Å²) in [5, 5.41) is 0. The first-order valence-electron chi connectivity index (χ1n) is 5.98. The van der Waals surface area contributed by atoms with Crippen molar-refractivity contribution in [3.05, 3.63) is 34.9 Å². The fraction of sp³-hybridized carbons (Fsp3) is 0.571. The summed E-state index contributed by atoms with van der Waals surface area (Å²) in [5.74, 6) is 0. The van der Waals surface area contributed by atoms with Crippen LogP contribution in [0.2, 0.25) is 0 Å². The summed E-state index contributed by atoms with van der Waals surface area (Å²) in [6.07, 6.45) is 4.90. The van der Waals surface area contributed by atoms with Gasteiger partial charge in [-0.05, 0) is 37.0 Å². The average molecular weight is 242 g/mol. The lowest BCUT2D eigenvalue weighted by Gasteiger charge is -2.13. The molecule has 0 saturated carbocycles. The molecule has 0 aromatic heterocycles. The summed E-state index contributed by atoms with van der Waals surface area (Å²) in [6.45, 7) is 6.51. The molecule has 1 aromatic rings. The van der Waals surface area contributed by atoms with Crippen LogP contribution in [-0.2, 0) is 0 Å². The van der Waals surface area contributed by atoms with Crippen LogP contribution in [0.15, 0.2) is 18.2 Å². The van der Waals surface area contributed by atoms with E-state index in [0.717, 1.165) is 6.42 Å². The smallest absolute Gasteiger partial charge is 0.0294 e. The number of hydrogen-bond donors (Lipinski definition) is 1. The van der Waals surface area contributed by atoms with Crippen molar-refractivity contribution in [3.8, 4) is 0 Å². The zero-order valence-electron chi connectivity index (χ0n) is 10.6. The van der Waals surface area contributed by atoms with Gasteiger partial charge in [0.15, 0.2) is 0 Å². The number of rotatable bonds is 5. The lowest BCUT2D eigenvalue weighted by molar-refractivity contribution is 0.581. The molecule has 0 bridgehead atoms. The lowest BCUT2D eigenvalue weighted by Crippen LogP contribution is -2.10. The Bertz CT molecular complexity index is 310. The van der Waals surface area contributed by atoms with Crippen molar-refractivity contribution in [1.82, 2.24) is 0 Å². The first kappa shape index (κ1) is 15.5. The van der Waals surface area contributed by atoms with Gasteiger partial charge in [0.1, 0.15) is 0 Å². The zero-order chi connectivity index (χ0) is 11.3. The fourth-order valence-electron chi connectivity index (χ4n) is 1.78. The van der Waals surface area contributed by atoms with Gasteiger partial charge in [-0.15, -0.1) is 12.4 Å². The summed E-state index contributed by atoms with van der Waals surface area (Å²) in [6, 6.07) is 6.78. The molecule has 0 heterocycles. The van der Waals surface area contributed by atoms with Gasteiger partial charge in [0, 0.05) is 6.04 Å². The molecule has 0 aliphatic rings. The van der Waals surface area contributed by atoms with Crippen LogP contribution in [0.4, 0.5) is 0 Å². The number of aryl methyl sites for hydroxylation is 2. The molecule has 2 N–H and O–H groups in total. The van der Waals surface area contributed by atoms with E-state index in [1.54, 1.807) is 0 Å². The largest absolute Gasteiger partial charge is 0.324 e. The molecule has 0 saturated heterocycles. The zero-order valence-corrected chi connectivity index (χ0v) is 11.4. The molecule has 0 fully saturated rings. The van der Waals surface area contributed by atoms with E-state index in [1.165, 1.54) is 36.0 Å². The van der Waals surface area contributed by atoms with Crippen LogP contribution in [0.3, 0.4) is 0 Å². The van der Waals surface area contributed by atoms with E-state index in [9.17, 15) is 0 Å². The third kappa shape index (κ3) is 4.54. The summed E-state index contributed by atoms with van der Waals surface area (Å²) < 4.78 is 0. The van der Waals surface area contributed by atoms with Crippen LogP contribution in [0, 0.1) is 13.8 Å². The highest BCUT2D eigenvalue weighted by Gasteiger charge is 2.06. The van der Waals surface area contributed by atoms with Crippen molar-refractivity contribution in [3.63, 3.8) is 0 Å². The number of nitrogens with two attached hydrogens (primary N) is 1. The van der Waals surface area contributed by atoms with Gasteiger partial charge >= 0.3 is 0 Å². The number of halogens is 1. The van der Waals surface area contributed by atoms with Gasteiger partial charge in [-0.25, -0.2) is 0 Å². The molecular weight excluding hydrogens is 218 g/mol. The third-order valence-corrected chi connectivity index (χ3v) is 3.08. The predicted octanol–water partition coefficient (Wildman–Crippen LogP) is 4.31. The minimum absolute atomic E-state index is 0. The normalized spacial score (nSPS) is 12.0. The van der Waals surface area contributed by atoms with E-state index in [-0.39, 0.29) is 18.4 Å². The van der Waals surface area contributed by atoms with E-state index in [1.807, 2.05) is 0 Å². The van der Waals surface area contributed by atoms with Crippen LogP contribution < -0.4 is 5.73 Å². The lowest BCUT2D eigenvalue weighted by atomic mass is 9.98. The van der Waals surface area contributed by atoms with Crippen LogP contribution in [0.5, 0.6) is 0 Å². The number of hydrogen-bond acceptors (Lipinski definition) is 1. The van der Waals surface area contributed by atoms with Crippen molar-refractivity contribution in [1.29, 1.82) is 0 Å². The Kier molecular flexibility index (Phi) is 7.44. The molecule has 1 aromatic carbocycles. The quantitative estimate of drug-likeness (QED) is 0.764. The SMILES string of the molecule is CCCCC[C@@H](N)c1ccc(C)c(C)c1.Cl. The second kappa shape index (κ2) is 7.70. The van der Waals surface area contributed by atoms with Crippen molar-refractivity contribution in [2.75, 3.05) is 0 Å². The second-order valence-corrected chi connectivity index (χ2v) is 4.45. The first-order chi connectivity index (χ1) is 7.15. The molecule has 0 amide bonds. The molecule has 1 atom stereocenters. The Morgan fingerprint density at radius 1 is 1.12 bits per heavy atom. The van der Waals surface area contributed by atoms with Crippen LogP contribution in [0.1, 0.15) is 55.3 Å². The average Bonchev–Trinajstić information content (AvgIpc) is 2.22. The van der Waals surface area contributed by atoms with E-state index in [0.29, 0.717) is 0 Å². The Morgan fingerprint density at radius 2 is 1.81 bits per heavy atom. The highest BCUT2D eigenvalue weighted by Crippen LogP contribution is 2.19. The standard InChI is InChI=1S/C14H23N.ClH/c1-4-5-6-7-14(15)13-9-8-11(2)12(3)10-13;/h8-10,14H,4-7,15H2,1-3H3;1H/t14-;/m1./s1. The Hall–Kier alpha value is -0.530. The molecule has 1 nitrogen and oxygen atoms in total. The van der Waals surface area contributed by atoms with Crippen molar-refractivity contribution < 1.29 is 0 Å². The Labute approximate surface area is 106 Å². The Morgan fingerprint density at radius 3 is 2.38 bits per heavy atom. The van der Waals surface area contributed by atoms with Crippen LogP contribution in [-0.4, -0.2) is 0 Å². The van der Waals surface area contributed by atoms with Crippen molar-refractivity contribution in [2.24, 2.45) is 5.73 Å². The summed E-state index contributed by atoms with van der Waals surface area (Å²) >= 11 is 0. The summed E-state index contributed by atoms with van der Waals surface area (Å²) in [7, 11) is 0. The predicted molar refractivity (Wildman–Crippen MR) is 74.2 cm³/mol. The second-order valence-electron chi connectivity index (χ2n) is 4.45. The maximum absolute atomic E-state index is 6.15. The summed E-state index contributed by atoms with van der Waals surface area (Å²) in [5.41, 5.74) is 10.1. The number of unbranched alkanes of at least 4 members (excludes halogenated alkanes) is 2. The highest BCUT2D eigenvalue weighted by atomic mass is 35.5. The van der Waals surface area contributed by atoms with Crippen LogP contribution in [0.25, 0.3) is 0 Å². The van der Waals surface area contributed by atoms with Gasteiger partial charge in [-0.3, -0.25) is 0 Å². The molecule has 92 valence electrons. The molecule has 0 spiro atoms. The molecule has 0 aliphatic heterocycles. The van der Waals surface area contributed by atoms with Gasteiger partial charge in [-0.1, -0.05) is 44.4 Å². The molecule has 2 heteroatoms. The van der Waals surface area contributed by atoms with Gasteiger partial charge < -0.3 is 5.73 Å². The topological polar surface area (TPSA) is 26.0 Å². The molecule has 0 unspecified atom stereocenters. The van der Waals surface area contributed by atoms with E-state index in [4.69, 9.17) is 5.73 Å². The molecule has 0 radical (unpaired) electrons. The van der Waals surface area contributed by atoms with Crippen LogP contribution >= 0.6 is 12.4 Å². The van der Waals surface area contributed by atoms with Gasteiger partial charge in [0.05, 0.1) is 0 Å². The Balaban J connectivity index is 0.00000225. The molecule has 16 heavy (non-hydrogen) atoms. The fourth-order valence-corrected chi connectivity index (χ4v) is 1.78. The summed E-state index contributed by atoms with van der Waals surface area (Å²) in [4.78, 5) is 0. The van der Waals surface area contributed by atoms with E-state index in [2.05, 4.69) is 39.0 Å². The monoisotopic (exact) mass is 241 g/mol. The molecule has 1 rings (SSSR count). The van der Waals surface area contributed by atoms with E-state index < -0.39 is 0 Å². The van der Waals surface area contributed by atoms with E-state index >= 15 is 0 Å². The maximum Gasteiger partial charge on any atom is 0.0294 e. The minimum atomic E-state index is 0. The third-order valence-electron chi connectivity index (χ3n) is 3.08. The van der Waals surface area contributed by atoms with Gasteiger partial charge in [0.25, 0.3) is 0 Å². The molecular formula is C14H24ClN. The first-order valence-corrected chi connectivity index (χ1v) is 5.98. The number of benzene rings is 1. The van der Waals surface area contributed by atoms with Gasteiger partial charge in [-0.2, -0.15) is 0 Å². The maximum atomic E-state index is 6.15. The van der Waals surface area contributed by atoms with Gasteiger partial charge in [0.2, 0.25) is 0 Å². The minimum Gasteiger partial charge on any atom is -0.324 e. The van der Waals surface area contributed by atoms with Crippen molar-refractivity contribution in [2.45, 2.75) is 52.5 Å². The van der Waals surface area contributed by atoms with Crippen molar-refractivity contribution >= 4 is 12.4 Å². The molecule has 0 aliphatic carbocycles. The highest BCUT2D eigenvalue weighted by molar-refractivity contribution is 5.85.